The first kappa shape index (κ1) is 11.0. The molecule has 0 saturated carbocycles. The molecule has 1 heterocycles. The van der Waals surface area contributed by atoms with Gasteiger partial charge in [-0.05, 0) is 38.3 Å². The summed E-state index contributed by atoms with van der Waals surface area (Å²) in [6.45, 7) is 8.73. The molecular formula is C12H20N2. The Bertz CT molecular complexity index is 290. The summed E-state index contributed by atoms with van der Waals surface area (Å²) in [4.78, 5) is 4.35. The van der Waals surface area contributed by atoms with Crippen molar-refractivity contribution >= 4 is 5.82 Å². The van der Waals surface area contributed by atoms with Crippen LogP contribution in [-0.2, 0) is 0 Å². The van der Waals surface area contributed by atoms with Crippen LogP contribution in [-0.4, -0.2) is 10.5 Å². The number of pyridine rings is 1. The number of anilines is 1. The summed E-state index contributed by atoms with van der Waals surface area (Å²) in [7, 11) is 0. The van der Waals surface area contributed by atoms with E-state index in [0.29, 0.717) is 0 Å². The van der Waals surface area contributed by atoms with Gasteiger partial charge in [-0.1, -0.05) is 19.9 Å². The molecule has 14 heavy (non-hydrogen) atoms. The Kier molecular flexibility index (Phi) is 3.50. The van der Waals surface area contributed by atoms with Crippen LogP contribution in [0.15, 0.2) is 18.3 Å². The summed E-state index contributed by atoms with van der Waals surface area (Å²) >= 11 is 0. The zero-order valence-electron chi connectivity index (χ0n) is 9.59. The lowest BCUT2D eigenvalue weighted by molar-refractivity contribution is 0.476. The Labute approximate surface area is 86.8 Å². The van der Waals surface area contributed by atoms with Crippen molar-refractivity contribution in [2.45, 2.75) is 46.1 Å². The zero-order valence-corrected chi connectivity index (χ0v) is 9.59. The smallest absolute Gasteiger partial charge is 0.129 e. The first-order chi connectivity index (χ1) is 6.61. The second-order valence-corrected chi connectivity index (χ2v) is 4.06. The predicted molar refractivity (Wildman–Crippen MR) is 61.6 cm³/mol. The SMILES string of the molecule is CCC(C)(CC)Nc1ncccc1C. The molecule has 1 aromatic heterocycles. The van der Waals surface area contributed by atoms with Crippen LogP contribution in [0.5, 0.6) is 0 Å². The second kappa shape index (κ2) is 4.45. The quantitative estimate of drug-likeness (QED) is 0.791. The molecule has 0 unspecified atom stereocenters. The maximum Gasteiger partial charge on any atom is 0.129 e. The summed E-state index contributed by atoms with van der Waals surface area (Å²) in [5.41, 5.74) is 1.37. The summed E-state index contributed by atoms with van der Waals surface area (Å²) in [6.07, 6.45) is 4.06. The molecular weight excluding hydrogens is 172 g/mol. The lowest BCUT2D eigenvalue weighted by atomic mass is 9.95. The van der Waals surface area contributed by atoms with Gasteiger partial charge in [0.15, 0.2) is 0 Å². The lowest BCUT2D eigenvalue weighted by Crippen LogP contribution is -2.33. The molecule has 0 fully saturated rings. The fourth-order valence-electron chi connectivity index (χ4n) is 1.33. The molecule has 2 nitrogen and oxygen atoms in total. The number of nitrogens with one attached hydrogen (secondary N) is 1. The van der Waals surface area contributed by atoms with Gasteiger partial charge in [-0.25, -0.2) is 4.98 Å². The molecule has 0 radical (unpaired) electrons. The molecule has 0 atom stereocenters. The maximum atomic E-state index is 4.35. The Balaban J connectivity index is 2.82. The van der Waals surface area contributed by atoms with Crippen LogP contribution >= 0.6 is 0 Å². The van der Waals surface area contributed by atoms with Crippen LogP contribution in [0.4, 0.5) is 5.82 Å². The van der Waals surface area contributed by atoms with Crippen LogP contribution in [0.25, 0.3) is 0 Å². The molecule has 0 bridgehead atoms. The van der Waals surface area contributed by atoms with Crippen molar-refractivity contribution in [3.05, 3.63) is 23.9 Å². The third-order valence-electron chi connectivity index (χ3n) is 2.99. The largest absolute Gasteiger partial charge is 0.365 e. The van der Waals surface area contributed by atoms with Crippen LogP contribution in [0.3, 0.4) is 0 Å². The van der Waals surface area contributed by atoms with Crippen LogP contribution in [0.2, 0.25) is 0 Å². The minimum Gasteiger partial charge on any atom is -0.365 e. The molecule has 0 saturated heterocycles. The van der Waals surface area contributed by atoms with Gasteiger partial charge in [0.2, 0.25) is 0 Å². The first-order valence-electron chi connectivity index (χ1n) is 5.31. The fourth-order valence-corrected chi connectivity index (χ4v) is 1.33. The molecule has 1 aromatic rings. The van der Waals surface area contributed by atoms with E-state index >= 15 is 0 Å². The van der Waals surface area contributed by atoms with E-state index in [2.05, 4.69) is 44.1 Å². The van der Waals surface area contributed by atoms with Gasteiger partial charge in [0.1, 0.15) is 5.82 Å². The number of rotatable bonds is 4. The third-order valence-corrected chi connectivity index (χ3v) is 2.99. The first-order valence-corrected chi connectivity index (χ1v) is 5.31. The Morgan fingerprint density at radius 3 is 2.50 bits per heavy atom. The van der Waals surface area contributed by atoms with Crippen molar-refractivity contribution in [3.8, 4) is 0 Å². The number of nitrogens with zero attached hydrogens (tertiary/aromatic N) is 1. The van der Waals surface area contributed by atoms with Crippen LogP contribution < -0.4 is 5.32 Å². The van der Waals surface area contributed by atoms with E-state index in [4.69, 9.17) is 0 Å². The molecule has 0 aromatic carbocycles. The van der Waals surface area contributed by atoms with E-state index in [-0.39, 0.29) is 5.54 Å². The maximum absolute atomic E-state index is 4.35. The van der Waals surface area contributed by atoms with Gasteiger partial charge >= 0.3 is 0 Å². The highest BCUT2D eigenvalue weighted by molar-refractivity contribution is 5.44. The minimum atomic E-state index is 0.166. The molecule has 0 aliphatic carbocycles. The summed E-state index contributed by atoms with van der Waals surface area (Å²) in [5, 5.41) is 3.51. The molecule has 2 heteroatoms. The van der Waals surface area contributed by atoms with Gasteiger partial charge in [0, 0.05) is 11.7 Å². The van der Waals surface area contributed by atoms with Gasteiger partial charge < -0.3 is 5.32 Å². The normalized spacial score (nSPS) is 11.4. The lowest BCUT2D eigenvalue weighted by Gasteiger charge is -2.29. The molecule has 1 N–H and O–H groups in total. The summed E-state index contributed by atoms with van der Waals surface area (Å²) < 4.78 is 0. The van der Waals surface area contributed by atoms with E-state index in [1.54, 1.807) is 0 Å². The van der Waals surface area contributed by atoms with Gasteiger partial charge in [0.25, 0.3) is 0 Å². The van der Waals surface area contributed by atoms with Crippen LogP contribution in [0.1, 0.15) is 39.2 Å². The van der Waals surface area contributed by atoms with Crippen molar-refractivity contribution < 1.29 is 0 Å². The topological polar surface area (TPSA) is 24.9 Å². The molecule has 0 amide bonds. The Morgan fingerprint density at radius 2 is 2.00 bits per heavy atom. The Morgan fingerprint density at radius 1 is 1.36 bits per heavy atom. The number of hydrogen-bond acceptors (Lipinski definition) is 2. The van der Waals surface area contributed by atoms with Crippen molar-refractivity contribution in [2.24, 2.45) is 0 Å². The molecule has 78 valence electrons. The van der Waals surface area contributed by atoms with Gasteiger partial charge in [0.05, 0.1) is 0 Å². The highest BCUT2D eigenvalue weighted by Gasteiger charge is 2.19. The van der Waals surface area contributed by atoms with E-state index in [1.165, 1.54) is 5.56 Å². The van der Waals surface area contributed by atoms with Gasteiger partial charge in [-0.3, -0.25) is 0 Å². The van der Waals surface area contributed by atoms with Crippen LogP contribution in [0, 0.1) is 6.92 Å². The average molecular weight is 192 g/mol. The van der Waals surface area contributed by atoms with Gasteiger partial charge in [-0.15, -0.1) is 0 Å². The summed E-state index contributed by atoms with van der Waals surface area (Å²) in [6, 6.07) is 4.05. The highest BCUT2D eigenvalue weighted by Crippen LogP contribution is 2.21. The zero-order chi connectivity index (χ0) is 10.6. The number of aryl methyl sites for hydroxylation is 1. The number of hydrogen-bond donors (Lipinski definition) is 1. The average Bonchev–Trinajstić information content (AvgIpc) is 2.21. The molecule has 0 spiro atoms. The van der Waals surface area contributed by atoms with Crippen molar-refractivity contribution in [1.29, 1.82) is 0 Å². The fraction of sp³-hybridized carbons (Fsp3) is 0.583. The van der Waals surface area contributed by atoms with Gasteiger partial charge in [-0.2, -0.15) is 0 Å². The Hall–Kier alpha value is -1.05. The minimum absolute atomic E-state index is 0.166. The van der Waals surface area contributed by atoms with E-state index in [0.717, 1.165) is 18.7 Å². The predicted octanol–water partition coefficient (Wildman–Crippen LogP) is 3.38. The van der Waals surface area contributed by atoms with Crippen molar-refractivity contribution in [3.63, 3.8) is 0 Å². The molecule has 0 aliphatic rings. The van der Waals surface area contributed by atoms with E-state index < -0.39 is 0 Å². The van der Waals surface area contributed by atoms with Crippen molar-refractivity contribution in [1.82, 2.24) is 4.98 Å². The van der Waals surface area contributed by atoms with Crippen molar-refractivity contribution in [2.75, 3.05) is 5.32 Å². The highest BCUT2D eigenvalue weighted by atomic mass is 15.0. The number of aromatic nitrogens is 1. The third kappa shape index (κ3) is 2.47. The standard InChI is InChI=1S/C12H20N2/c1-5-12(4,6-2)14-11-10(3)8-7-9-13-11/h7-9H,5-6H2,1-4H3,(H,13,14). The second-order valence-electron chi connectivity index (χ2n) is 4.06. The monoisotopic (exact) mass is 192 g/mol. The molecule has 0 aliphatic heterocycles. The van der Waals surface area contributed by atoms with E-state index in [9.17, 15) is 0 Å². The summed E-state index contributed by atoms with van der Waals surface area (Å²) in [5.74, 6) is 1.01. The van der Waals surface area contributed by atoms with E-state index in [1.807, 2.05) is 12.3 Å². The molecule has 1 rings (SSSR count).